The third-order valence-electron chi connectivity index (χ3n) is 8.64. The van der Waals surface area contributed by atoms with Crippen LogP contribution in [0.5, 0.6) is 0 Å². The number of esters is 1. The summed E-state index contributed by atoms with van der Waals surface area (Å²) in [5.41, 5.74) is 1.75. The number of para-hydroxylation sites is 2. The van der Waals surface area contributed by atoms with Crippen molar-refractivity contribution in [3.63, 3.8) is 0 Å². The minimum absolute atomic E-state index is 0.0515. The minimum Gasteiger partial charge on any atom is -0.465 e. The third-order valence-corrected chi connectivity index (χ3v) is 9.88. The van der Waals surface area contributed by atoms with Crippen molar-refractivity contribution in [2.75, 3.05) is 17.1 Å². The van der Waals surface area contributed by atoms with Crippen LogP contribution in [0.15, 0.2) is 54.6 Å². The molecule has 0 unspecified atom stereocenters. The molecule has 0 saturated carbocycles. The molecule has 1 aromatic heterocycles. The molecule has 0 radical (unpaired) electrons. The maximum atomic E-state index is 14.3. The molecule has 42 heavy (non-hydrogen) atoms. The lowest BCUT2D eigenvalue weighted by molar-refractivity contribution is -0.385. The van der Waals surface area contributed by atoms with Crippen LogP contribution in [0.25, 0.3) is 0 Å². The number of hydroxylamine groups is 1. The Bertz CT molecular complexity index is 1600. The number of methoxy groups -OCH3 is 1. The van der Waals surface area contributed by atoms with E-state index in [2.05, 4.69) is 20.8 Å². The monoisotopic (exact) mass is 589 g/mol. The first-order valence-corrected chi connectivity index (χ1v) is 14.7. The molecule has 0 N–H and O–H groups in total. The van der Waals surface area contributed by atoms with E-state index in [9.17, 15) is 24.5 Å². The maximum absolute atomic E-state index is 14.3. The van der Waals surface area contributed by atoms with Crippen molar-refractivity contribution < 1.29 is 28.9 Å². The second-order valence-corrected chi connectivity index (χ2v) is 13.1. The highest BCUT2D eigenvalue weighted by molar-refractivity contribution is 7.17. The van der Waals surface area contributed by atoms with Crippen molar-refractivity contribution in [1.29, 1.82) is 0 Å². The van der Waals surface area contributed by atoms with Crippen LogP contribution in [0.1, 0.15) is 59.6 Å². The molecule has 2 saturated heterocycles. The lowest BCUT2D eigenvalue weighted by atomic mass is 9.72. The summed E-state index contributed by atoms with van der Waals surface area (Å²) in [6.45, 7) is 6.56. The Morgan fingerprint density at radius 3 is 2.43 bits per heavy atom. The molecular formula is C31H31N3O7S. The van der Waals surface area contributed by atoms with Crippen LogP contribution < -0.4 is 9.96 Å². The number of rotatable bonds is 5. The van der Waals surface area contributed by atoms with E-state index in [1.807, 2.05) is 6.07 Å². The molecule has 10 nitrogen and oxygen atoms in total. The van der Waals surface area contributed by atoms with E-state index in [0.29, 0.717) is 18.0 Å². The molecule has 3 heterocycles. The van der Waals surface area contributed by atoms with Gasteiger partial charge in [0.25, 0.3) is 11.6 Å². The van der Waals surface area contributed by atoms with Gasteiger partial charge in [0, 0.05) is 10.9 Å². The fraction of sp³-hybridized carbons (Fsp3) is 0.387. The lowest BCUT2D eigenvalue weighted by Gasteiger charge is -2.33. The Hall–Kier alpha value is -4.09. The van der Waals surface area contributed by atoms with Crippen LogP contribution >= 0.6 is 11.3 Å². The van der Waals surface area contributed by atoms with Gasteiger partial charge in [-0.25, -0.2) is 14.8 Å². The molecule has 3 aliphatic rings. The molecule has 3 aromatic rings. The fourth-order valence-electron chi connectivity index (χ4n) is 6.41. The summed E-state index contributed by atoms with van der Waals surface area (Å²) in [4.78, 5) is 61.2. The number of ether oxygens (including phenoxy) is 1. The zero-order valence-corrected chi connectivity index (χ0v) is 24.6. The fourth-order valence-corrected chi connectivity index (χ4v) is 7.84. The van der Waals surface area contributed by atoms with Crippen molar-refractivity contribution >= 4 is 45.5 Å². The summed E-state index contributed by atoms with van der Waals surface area (Å²) in [6.07, 6.45) is 1.01. The maximum Gasteiger partial charge on any atom is 0.341 e. The van der Waals surface area contributed by atoms with Crippen molar-refractivity contribution in [3.8, 4) is 0 Å². The van der Waals surface area contributed by atoms with Crippen molar-refractivity contribution in [1.82, 2.24) is 0 Å². The standard InChI is InChI=1S/C31H31N3O7S/c1-31(2,3)17-14-15-20-22(16-17)42-29(23(20)30(37)40-4)32-27(35)24-25(19-12-8-9-13-21(19)34(38)39)33(41-26(24)28(32)36)18-10-6-5-7-11-18/h5-13,17,24-26H,14-16H2,1-4H3/t17-,24+,25+,26+/m1/s1. The van der Waals surface area contributed by atoms with Gasteiger partial charge in [-0.15, -0.1) is 11.3 Å². The average molecular weight is 590 g/mol. The summed E-state index contributed by atoms with van der Waals surface area (Å²) in [7, 11) is 1.28. The van der Waals surface area contributed by atoms with Crippen LogP contribution in [0, 0.1) is 27.4 Å². The lowest BCUT2D eigenvalue weighted by Crippen LogP contribution is -2.37. The second-order valence-electron chi connectivity index (χ2n) is 12.0. The predicted octanol–water partition coefficient (Wildman–Crippen LogP) is 5.65. The quantitative estimate of drug-likeness (QED) is 0.162. The van der Waals surface area contributed by atoms with Crippen LogP contribution in [0.2, 0.25) is 0 Å². The zero-order chi connectivity index (χ0) is 29.9. The summed E-state index contributed by atoms with van der Waals surface area (Å²) >= 11 is 1.28. The summed E-state index contributed by atoms with van der Waals surface area (Å²) < 4.78 is 5.13. The van der Waals surface area contributed by atoms with Gasteiger partial charge in [-0.05, 0) is 54.4 Å². The second kappa shape index (κ2) is 10.3. The number of hydrogen-bond donors (Lipinski definition) is 0. The third kappa shape index (κ3) is 4.38. The predicted molar refractivity (Wildman–Crippen MR) is 156 cm³/mol. The largest absolute Gasteiger partial charge is 0.465 e. The van der Waals surface area contributed by atoms with E-state index < -0.39 is 40.8 Å². The first-order chi connectivity index (χ1) is 20.0. The molecule has 0 bridgehead atoms. The molecule has 2 amide bonds. The van der Waals surface area contributed by atoms with E-state index in [-0.39, 0.29) is 27.2 Å². The van der Waals surface area contributed by atoms with Crippen LogP contribution in [-0.2, 0) is 32.0 Å². The Kier molecular flexibility index (Phi) is 6.89. The number of carbonyl (C=O) groups is 3. The molecule has 11 heteroatoms. The molecule has 2 fully saturated rings. The van der Waals surface area contributed by atoms with E-state index >= 15 is 0 Å². The van der Waals surface area contributed by atoms with Gasteiger partial charge >= 0.3 is 5.97 Å². The van der Waals surface area contributed by atoms with Crippen LogP contribution in [0.4, 0.5) is 16.4 Å². The average Bonchev–Trinajstić information content (AvgIpc) is 3.62. The molecule has 2 aliphatic heterocycles. The molecule has 0 spiro atoms. The molecule has 218 valence electrons. The van der Waals surface area contributed by atoms with Gasteiger partial charge in [-0.1, -0.05) is 51.1 Å². The van der Waals surface area contributed by atoms with Gasteiger partial charge in [0.1, 0.15) is 17.0 Å². The van der Waals surface area contributed by atoms with E-state index in [0.717, 1.165) is 28.2 Å². The van der Waals surface area contributed by atoms with Gasteiger partial charge in [0.05, 0.1) is 28.8 Å². The smallest absolute Gasteiger partial charge is 0.341 e. The van der Waals surface area contributed by atoms with E-state index in [1.54, 1.807) is 42.5 Å². The summed E-state index contributed by atoms with van der Waals surface area (Å²) in [5.74, 6) is -2.48. The number of thiophene rings is 1. The normalized spacial score (nSPS) is 23.6. The van der Waals surface area contributed by atoms with Crippen molar-refractivity contribution in [2.24, 2.45) is 17.3 Å². The molecule has 1 aliphatic carbocycles. The van der Waals surface area contributed by atoms with E-state index in [4.69, 9.17) is 9.57 Å². The Labute approximate surface area is 246 Å². The highest BCUT2D eigenvalue weighted by atomic mass is 32.1. The number of nitrogens with zero attached hydrogens (tertiary/aromatic N) is 3. The Balaban J connectivity index is 1.46. The highest BCUT2D eigenvalue weighted by Gasteiger charge is 2.62. The molecule has 4 atom stereocenters. The molecule has 6 rings (SSSR count). The summed E-state index contributed by atoms with van der Waals surface area (Å²) in [6, 6.07) is 14.1. The number of fused-ring (bicyclic) bond motifs is 2. The van der Waals surface area contributed by atoms with Crippen molar-refractivity contribution in [3.05, 3.63) is 86.3 Å². The van der Waals surface area contributed by atoms with Gasteiger partial charge in [0.2, 0.25) is 5.91 Å². The number of anilines is 2. The van der Waals surface area contributed by atoms with Gasteiger partial charge in [-0.2, -0.15) is 0 Å². The molecular weight excluding hydrogens is 558 g/mol. The number of nitro groups is 1. The molecule has 2 aromatic carbocycles. The highest BCUT2D eigenvalue weighted by Crippen LogP contribution is 2.52. The SMILES string of the molecule is COC(=O)c1c(N2C(=O)[C@@H]3[C@H](ON(c4ccccc4)[C@H]3c3ccccc3[N+](=O)[O-])C2=O)sc2c1CC[C@@H](C(C)(C)C)C2. The first kappa shape index (κ1) is 28.0. The number of benzene rings is 2. The van der Waals surface area contributed by atoms with Gasteiger partial charge in [0.15, 0.2) is 6.10 Å². The van der Waals surface area contributed by atoms with Gasteiger partial charge in [-0.3, -0.25) is 24.5 Å². The topological polar surface area (TPSA) is 119 Å². The summed E-state index contributed by atoms with van der Waals surface area (Å²) in [5, 5.41) is 13.7. The number of nitro benzene ring substituents is 1. The zero-order valence-electron chi connectivity index (χ0n) is 23.7. The first-order valence-electron chi connectivity index (χ1n) is 13.9. The van der Waals surface area contributed by atoms with Crippen LogP contribution in [0.3, 0.4) is 0 Å². The number of carbonyl (C=O) groups excluding carboxylic acids is 3. The van der Waals surface area contributed by atoms with Crippen LogP contribution in [-0.4, -0.2) is 35.9 Å². The minimum atomic E-state index is -1.23. The van der Waals surface area contributed by atoms with E-state index in [1.165, 1.54) is 29.6 Å². The Morgan fingerprint density at radius 2 is 1.76 bits per heavy atom. The number of hydrogen-bond acceptors (Lipinski definition) is 9. The number of amides is 2. The Morgan fingerprint density at radius 1 is 1.07 bits per heavy atom. The number of imide groups is 1. The van der Waals surface area contributed by atoms with Gasteiger partial charge < -0.3 is 4.74 Å². The van der Waals surface area contributed by atoms with Crippen molar-refractivity contribution in [2.45, 2.75) is 52.2 Å².